The second-order valence-corrected chi connectivity index (χ2v) is 22.7. The monoisotopic (exact) mass is 1070 g/mol. The molecule has 0 fully saturated rings. The SMILES string of the molecule is C1=Cc2c(c3c(ccc4c5ccccc5n(-c5ccccc5)c43)n2-c2cc(-n3c4ccccc4c4c3ccc3c5ccccc5n(-c5ccccc5)c34)cc(-n3c4ccccc4c4ccc5c6ccccc6n(-c6ccccc6)c5c43)c2)CC1. The summed E-state index contributed by atoms with van der Waals surface area (Å²) in [5, 5.41) is 13.6. The molecule has 6 aromatic heterocycles. The maximum atomic E-state index is 2.59. The zero-order valence-corrected chi connectivity index (χ0v) is 45.7. The molecule has 12 aromatic carbocycles. The van der Waals surface area contributed by atoms with E-state index in [1.807, 2.05) is 0 Å². The Morgan fingerprint density at radius 1 is 0.226 bits per heavy atom. The Bertz CT molecular complexity index is 5840. The van der Waals surface area contributed by atoms with Gasteiger partial charge in [0.2, 0.25) is 0 Å². The van der Waals surface area contributed by atoms with Gasteiger partial charge in [-0.3, -0.25) is 0 Å². The normalized spacial score (nSPS) is 12.9. The van der Waals surface area contributed by atoms with Crippen molar-refractivity contribution in [1.82, 2.24) is 27.4 Å². The van der Waals surface area contributed by atoms with Crippen LogP contribution in [0.2, 0.25) is 0 Å². The first-order valence-electron chi connectivity index (χ1n) is 29.2. The lowest BCUT2D eigenvalue weighted by molar-refractivity contribution is 0.965. The number of hydrogen-bond donors (Lipinski definition) is 0. The molecule has 0 atom stereocenters. The first-order valence-corrected chi connectivity index (χ1v) is 29.2. The number of benzene rings is 12. The van der Waals surface area contributed by atoms with Gasteiger partial charge in [-0.25, -0.2) is 0 Å². The Morgan fingerprint density at radius 2 is 0.560 bits per heavy atom. The van der Waals surface area contributed by atoms with E-state index in [0.29, 0.717) is 0 Å². The highest BCUT2D eigenvalue weighted by molar-refractivity contribution is 6.27. The molecule has 6 nitrogen and oxygen atoms in total. The summed E-state index contributed by atoms with van der Waals surface area (Å²) >= 11 is 0. The topological polar surface area (TPSA) is 29.6 Å². The molecular formula is C78H50N6. The molecule has 0 radical (unpaired) electrons. The average Bonchev–Trinajstić information content (AvgIpc) is 1.74. The fraction of sp³-hybridized carbons (Fsp3) is 0.0256. The summed E-state index contributed by atoms with van der Waals surface area (Å²) in [6.45, 7) is 0. The Labute approximate surface area is 482 Å². The van der Waals surface area contributed by atoms with Gasteiger partial charge in [0.25, 0.3) is 0 Å². The molecule has 0 saturated heterocycles. The molecule has 0 unspecified atom stereocenters. The maximum Gasteiger partial charge on any atom is 0.0788 e. The van der Waals surface area contributed by atoms with Gasteiger partial charge in [-0.05, 0) is 122 Å². The predicted octanol–water partition coefficient (Wildman–Crippen LogP) is 20.1. The molecule has 1 aliphatic rings. The summed E-state index contributed by atoms with van der Waals surface area (Å²) in [6.07, 6.45) is 6.68. The summed E-state index contributed by atoms with van der Waals surface area (Å²) < 4.78 is 15.2. The van der Waals surface area contributed by atoms with Gasteiger partial charge in [-0.2, -0.15) is 0 Å². The van der Waals surface area contributed by atoms with E-state index in [4.69, 9.17) is 0 Å². The van der Waals surface area contributed by atoms with Crippen molar-refractivity contribution in [3.05, 3.63) is 284 Å². The molecule has 84 heavy (non-hydrogen) atoms. The second kappa shape index (κ2) is 17.2. The van der Waals surface area contributed by atoms with Crippen molar-refractivity contribution in [3.8, 4) is 34.1 Å². The van der Waals surface area contributed by atoms with Crippen LogP contribution in [-0.4, -0.2) is 27.4 Å². The van der Waals surface area contributed by atoms with E-state index >= 15 is 0 Å². The van der Waals surface area contributed by atoms with Gasteiger partial charge in [0.15, 0.2) is 0 Å². The third kappa shape index (κ3) is 6.13. The molecule has 1 aliphatic carbocycles. The van der Waals surface area contributed by atoms with Crippen molar-refractivity contribution < 1.29 is 0 Å². The lowest BCUT2D eigenvalue weighted by Gasteiger charge is -2.19. The minimum absolute atomic E-state index is 0.935. The number of para-hydroxylation sites is 8. The zero-order valence-electron chi connectivity index (χ0n) is 45.7. The van der Waals surface area contributed by atoms with Crippen LogP contribution in [0.5, 0.6) is 0 Å². The Kier molecular flexibility index (Phi) is 9.36. The molecule has 0 amide bonds. The quantitative estimate of drug-likeness (QED) is 0.159. The van der Waals surface area contributed by atoms with Crippen LogP contribution >= 0.6 is 0 Å². The van der Waals surface area contributed by atoms with Crippen LogP contribution in [0.15, 0.2) is 273 Å². The molecule has 0 N–H and O–H groups in total. The smallest absolute Gasteiger partial charge is 0.0788 e. The molecule has 0 spiro atoms. The maximum absolute atomic E-state index is 2.59. The van der Waals surface area contributed by atoms with Gasteiger partial charge in [0.1, 0.15) is 0 Å². The molecule has 6 heteroatoms. The van der Waals surface area contributed by atoms with Gasteiger partial charge in [0, 0.05) is 82.0 Å². The van der Waals surface area contributed by atoms with Crippen molar-refractivity contribution in [2.45, 2.75) is 12.8 Å². The zero-order chi connectivity index (χ0) is 54.7. The number of rotatable bonds is 6. The van der Waals surface area contributed by atoms with Crippen molar-refractivity contribution in [1.29, 1.82) is 0 Å². The lowest BCUT2D eigenvalue weighted by Crippen LogP contribution is -2.05. The standard InChI is InChI=1S/C78H50N6/c1-4-22-49(23-5-1)81-65-34-16-10-28-55(65)59-42-44-71-73(75(59)81)63-32-14-20-38-69(63)79(71)52-46-53(80-70-39-21-15-33-64(70)74-72(80)45-43-60-56-29-11-17-35-66(56)82(76(60)74)50-24-6-2-7-25-50)48-54(47-52)84-68-37-19-13-31-58(68)62-41-40-61-57-30-12-18-36-67(57)83(77(61)78(62)84)51-26-8-3-9-27-51/h1-14,16-32,34-48H,15,33H2. The minimum atomic E-state index is 0.935. The number of hydrogen-bond acceptors (Lipinski definition) is 0. The van der Waals surface area contributed by atoms with Crippen LogP contribution in [0.25, 0.3) is 160 Å². The highest BCUT2D eigenvalue weighted by Gasteiger charge is 2.28. The summed E-state index contributed by atoms with van der Waals surface area (Å²) in [7, 11) is 0. The molecule has 0 bridgehead atoms. The summed E-state index contributed by atoms with van der Waals surface area (Å²) in [4.78, 5) is 0. The Balaban J connectivity index is 0.992. The number of aromatic nitrogens is 6. The Hall–Kier alpha value is -11.1. The van der Waals surface area contributed by atoms with Gasteiger partial charge in [0.05, 0.1) is 77.7 Å². The average molecular weight is 1070 g/mol. The van der Waals surface area contributed by atoms with Gasteiger partial charge in [-0.1, -0.05) is 176 Å². The molecule has 19 rings (SSSR count). The van der Waals surface area contributed by atoms with E-state index < -0.39 is 0 Å². The van der Waals surface area contributed by atoms with Gasteiger partial charge in [-0.15, -0.1) is 0 Å². The van der Waals surface area contributed by atoms with Crippen LogP contribution < -0.4 is 0 Å². The van der Waals surface area contributed by atoms with Crippen LogP contribution in [0.1, 0.15) is 17.7 Å². The molecule has 0 aliphatic heterocycles. The highest BCUT2D eigenvalue weighted by Crippen LogP contribution is 2.48. The van der Waals surface area contributed by atoms with Crippen molar-refractivity contribution >= 4 is 126 Å². The molecule has 392 valence electrons. The Morgan fingerprint density at radius 3 is 1.04 bits per heavy atom. The fourth-order valence-corrected chi connectivity index (χ4v) is 15.1. The second-order valence-electron chi connectivity index (χ2n) is 22.7. The minimum Gasteiger partial charge on any atom is -0.309 e. The van der Waals surface area contributed by atoms with Crippen molar-refractivity contribution in [3.63, 3.8) is 0 Å². The first kappa shape index (κ1) is 45.6. The summed E-state index contributed by atoms with van der Waals surface area (Å²) in [5.74, 6) is 0. The molecule has 18 aromatic rings. The van der Waals surface area contributed by atoms with Crippen molar-refractivity contribution in [2.75, 3.05) is 0 Å². The van der Waals surface area contributed by atoms with E-state index in [1.165, 1.54) is 115 Å². The van der Waals surface area contributed by atoms with Crippen molar-refractivity contribution in [2.24, 2.45) is 0 Å². The lowest BCUT2D eigenvalue weighted by atomic mass is 9.99. The molecule has 6 heterocycles. The number of aryl methyl sites for hydroxylation is 1. The third-order valence-corrected chi connectivity index (χ3v) is 18.4. The van der Waals surface area contributed by atoms with Crippen LogP contribution in [-0.2, 0) is 6.42 Å². The fourth-order valence-electron chi connectivity index (χ4n) is 15.1. The van der Waals surface area contributed by atoms with E-state index in [1.54, 1.807) is 0 Å². The van der Waals surface area contributed by atoms with Crippen LogP contribution in [0.3, 0.4) is 0 Å². The summed E-state index contributed by atoms with van der Waals surface area (Å²) in [5.41, 5.74) is 22.3. The summed E-state index contributed by atoms with van der Waals surface area (Å²) in [6, 6.07) is 99.2. The number of allylic oxidation sites excluding steroid dienone is 1. The predicted molar refractivity (Wildman–Crippen MR) is 352 cm³/mol. The van der Waals surface area contributed by atoms with Gasteiger partial charge >= 0.3 is 0 Å². The molecule has 0 saturated carbocycles. The van der Waals surface area contributed by atoms with Crippen LogP contribution in [0, 0.1) is 0 Å². The van der Waals surface area contributed by atoms with E-state index in [2.05, 4.69) is 306 Å². The van der Waals surface area contributed by atoms with E-state index in [-0.39, 0.29) is 0 Å². The van der Waals surface area contributed by atoms with E-state index in [0.717, 1.165) is 63.5 Å². The van der Waals surface area contributed by atoms with E-state index in [9.17, 15) is 0 Å². The molecular weight excluding hydrogens is 1020 g/mol. The highest BCUT2D eigenvalue weighted by atomic mass is 15.1. The number of nitrogens with zero attached hydrogens (tertiary/aromatic N) is 6. The van der Waals surface area contributed by atoms with Crippen LogP contribution in [0.4, 0.5) is 0 Å². The largest absolute Gasteiger partial charge is 0.309 e. The third-order valence-electron chi connectivity index (χ3n) is 18.4. The number of fused-ring (bicyclic) bond motifs is 21. The first-order chi connectivity index (χ1) is 41.7. The van der Waals surface area contributed by atoms with Gasteiger partial charge < -0.3 is 27.4 Å².